The van der Waals surface area contributed by atoms with E-state index in [2.05, 4.69) is 5.32 Å². The zero-order valence-electron chi connectivity index (χ0n) is 13.3. The average Bonchev–Trinajstić information content (AvgIpc) is 2.52. The Bertz CT molecular complexity index is 718. The van der Waals surface area contributed by atoms with E-state index in [9.17, 15) is 24.8 Å². The van der Waals surface area contributed by atoms with Gasteiger partial charge in [-0.25, -0.2) is 0 Å². The topological polar surface area (TPSA) is 113 Å². The van der Waals surface area contributed by atoms with Crippen LogP contribution in [0.15, 0.2) is 12.1 Å². The number of carbonyl (C=O) groups is 2. The van der Waals surface area contributed by atoms with Gasteiger partial charge in [0.25, 0.3) is 5.69 Å². The first-order valence-corrected chi connectivity index (χ1v) is 7.94. The molecule has 2 aliphatic rings. The van der Waals surface area contributed by atoms with Gasteiger partial charge in [-0.1, -0.05) is 6.92 Å². The van der Waals surface area contributed by atoms with Crippen LogP contribution in [0.25, 0.3) is 0 Å². The molecule has 1 saturated heterocycles. The molecule has 2 N–H and O–H groups in total. The summed E-state index contributed by atoms with van der Waals surface area (Å²) in [6.07, 6.45) is 1.34. The highest BCUT2D eigenvalue weighted by molar-refractivity contribution is 5.95. The number of aryl methyl sites for hydroxylation is 1. The van der Waals surface area contributed by atoms with E-state index in [4.69, 9.17) is 0 Å². The van der Waals surface area contributed by atoms with E-state index in [1.165, 1.54) is 6.07 Å². The van der Waals surface area contributed by atoms with Crippen molar-refractivity contribution in [1.29, 1.82) is 0 Å². The fourth-order valence-electron chi connectivity index (χ4n) is 3.53. The molecule has 1 aromatic rings. The number of anilines is 2. The molecule has 2 unspecified atom stereocenters. The zero-order valence-corrected chi connectivity index (χ0v) is 13.3. The molecule has 0 aromatic heterocycles. The smallest absolute Gasteiger partial charge is 0.308 e. The predicted molar refractivity (Wildman–Crippen MR) is 87.2 cm³/mol. The quantitative estimate of drug-likeness (QED) is 0.646. The molecule has 0 radical (unpaired) electrons. The maximum Gasteiger partial charge on any atom is 0.308 e. The number of nitro groups is 1. The Kier molecular flexibility index (Phi) is 4.13. The van der Waals surface area contributed by atoms with Gasteiger partial charge in [0.05, 0.1) is 10.8 Å². The van der Waals surface area contributed by atoms with E-state index < -0.39 is 16.8 Å². The highest BCUT2D eigenvalue weighted by Gasteiger charge is 2.33. The van der Waals surface area contributed by atoms with E-state index in [0.717, 1.165) is 5.56 Å². The lowest BCUT2D eigenvalue weighted by Crippen LogP contribution is -2.42. The summed E-state index contributed by atoms with van der Waals surface area (Å²) in [4.78, 5) is 35.7. The molecule has 128 valence electrons. The summed E-state index contributed by atoms with van der Waals surface area (Å²) in [5.74, 6) is -1.44. The molecular weight excluding hydrogens is 314 g/mol. The standard InChI is InChI=1S/C16H19N3O5/c1-9-4-11(16(21)22)8-18(7-9)13-6-12-10(2-3-15(20)17-12)5-14(13)19(23)24/h5-6,9,11H,2-4,7-8H2,1H3,(H,17,20)(H,21,22). The second-order valence-electron chi connectivity index (χ2n) is 6.58. The Morgan fingerprint density at radius 3 is 2.79 bits per heavy atom. The van der Waals surface area contributed by atoms with Gasteiger partial charge >= 0.3 is 5.97 Å². The van der Waals surface area contributed by atoms with Crippen molar-refractivity contribution in [2.24, 2.45) is 11.8 Å². The molecule has 2 atom stereocenters. The van der Waals surface area contributed by atoms with Crippen molar-refractivity contribution in [3.63, 3.8) is 0 Å². The number of rotatable bonds is 3. The fourth-order valence-corrected chi connectivity index (χ4v) is 3.53. The monoisotopic (exact) mass is 333 g/mol. The van der Waals surface area contributed by atoms with Crippen molar-refractivity contribution >= 4 is 28.9 Å². The summed E-state index contributed by atoms with van der Waals surface area (Å²) in [7, 11) is 0. The molecule has 1 fully saturated rings. The van der Waals surface area contributed by atoms with E-state index >= 15 is 0 Å². The molecule has 3 rings (SSSR count). The van der Waals surface area contributed by atoms with Gasteiger partial charge in [0, 0.05) is 31.3 Å². The minimum absolute atomic E-state index is 0.0388. The minimum atomic E-state index is -0.888. The van der Waals surface area contributed by atoms with Crippen LogP contribution in [-0.2, 0) is 16.0 Å². The van der Waals surface area contributed by atoms with Crippen LogP contribution in [0.2, 0.25) is 0 Å². The summed E-state index contributed by atoms with van der Waals surface area (Å²) in [6, 6.07) is 3.11. The van der Waals surface area contributed by atoms with E-state index in [0.29, 0.717) is 37.2 Å². The first kappa shape index (κ1) is 16.2. The molecule has 0 saturated carbocycles. The van der Waals surface area contributed by atoms with Crippen molar-refractivity contribution < 1.29 is 19.6 Å². The molecule has 0 spiro atoms. The molecule has 2 heterocycles. The Morgan fingerprint density at radius 2 is 2.12 bits per heavy atom. The van der Waals surface area contributed by atoms with Gasteiger partial charge in [0.1, 0.15) is 5.69 Å². The van der Waals surface area contributed by atoms with Gasteiger partial charge in [-0.2, -0.15) is 0 Å². The maximum atomic E-state index is 11.6. The third kappa shape index (κ3) is 3.04. The number of carbonyl (C=O) groups excluding carboxylic acids is 1. The summed E-state index contributed by atoms with van der Waals surface area (Å²) in [5.41, 5.74) is 1.66. The number of fused-ring (bicyclic) bond motifs is 1. The van der Waals surface area contributed by atoms with Gasteiger partial charge in [-0.05, 0) is 30.4 Å². The van der Waals surface area contributed by atoms with E-state index in [-0.39, 0.29) is 24.1 Å². The summed E-state index contributed by atoms with van der Waals surface area (Å²) >= 11 is 0. The Hall–Kier alpha value is -2.64. The van der Waals surface area contributed by atoms with Crippen LogP contribution in [0.3, 0.4) is 0 Å². The summed E-state index contributed by atoms with van der Waals surface area (Å²) in [5, 5.41) is 23.5. The second-order valence-corrected chi connectivity index (χ2v) is 6.58. The van der Waals surface area contributed by atoms with Crippen LogP contribution in [0.4, 0.5) is 17.1 Å². The third-order valence-corrected chi connectivity index (χ3v) is 4.64. The molecule has 1 amide bonds. The number of carboxylic acid groups (broad SMARTS) is 1. The number of piperidine rings is 1. The lowest BCUT2D eigenvalue weighted by Gasteiger charge is -2.36. The Morgan fingerprint density at radius 1 is 1.38 bits per heavy atom. The number of carboxylic acids is 1. The van der Waals surface area contributed by atoms with E-state index in [1.54, 1.807) is 11.0 Å². The van der Waals surface area contributed by atoms with Crippen LogP contribution in [0, 0.1) is 22.0 Å². The molecular formula is C16H19N3O5. The van der Waals surface area contributed by atoms with Gasteiger partial charge in [-0.15, -0.1) is 0 Å². The van der Waals surface area contributed by atoms with Gasteiger partial charge < -0.3 is 15.3 Å². The van der Waals surface area contributed by atoms with Gasteiger partial charge in [0.15, 0.2) is 0 Å². The van der Waals surface area contributed by atoms with Crippen LogP contribution < -0.4 is 10.2 Å². The summed E-state index contributed by atoms with van der Waals surface area (Å²) < 4.78 is 0. The van der Waals surface area contributed by atoms with Gasteiger partial charge in [0.2, 0.25) is 5.91 Å². The fraction of sp³-hybridized carbons (Fsp3) is 0.500. The van der Waals surface area contributed by atoms with Gasteiger partial charge in [-0.3, -0.25) is 19.7 Å². The molecule has 0 aliphatic carbocycles. The lowest BCUT2D eigenvalue weighted by molar-refractivity contribution is -0.384. The molecule has 8 heteroatoms. The Labute approximate surface area is 138 Å². The third-order valence-electron chi connectivity index (χ3n) is 4.64. The van der Waals surface area contributed by atoms with E-state index in [1.807, 2.05) is 6.92 Å². The predicted octanol–water partition coefficient (Wildman–Crippen LogP) is 2.03. The van der Waals surface area contributed by atoms with Crippen LogP contribution in [0.1, 0.15) is 25.3 Å². The molecule has 2 aliphatic heterocycles. The number of aliphatic carboxylic acids is 1. The van der Waals surface area contributed by atoms with Crippen molar-refractivity contribution in [3.8, 4) is 0 Å². The number of hydrogen-bond donors (Lipinski definition) is 2. The molecule has 8 nitrogen and oxygen atoms in total. The largest absolute Gasteiger partial charge is 0.481 e. The van der Waals surface area contributed by atoms with Crippen molar-refractivity contribution in [3.05, 3.63) is 27.8 Å². The van der Waals surface area contributed by atoms with Crippen molar-refractivity contribution in [2.75, 3.05) is 23.3 Å². The molecule has 24 heavy (non-hydrogen) atoms. The SMILES string of the molecule is CC1CC(C(=O)O)CN(c2cc3c(cc2[N+](=O)[O-])CCC(=O)N3)C1. The Balaban J connectivity index is 2.02. The number of nitrogens with zero attached hydrogens (tertiary/aromatic N) is 2. The number of nitrogens with one attached hydrogen (secondary N) is 1. The second kappa shape index (κ2) is 6.10. The number of amides is 1. The average molecular weight is 333 g/mol. The maximum absolute atomic E-state index is 11.6. The number of nitro benzene ring substituents is 1. The normalized spacial score (nSPS) is 23.4. The molecule has 0 bridgehead atoms. The molecule has 1 aromatic carbocycles. The number of benzene rings is 1. The van der Waals surface area contributed by atoms with Crippen LogP contribution in [0.5, 0.6) is 0 Å². The van der Waals surface area contributed by atoms with Crippen LogP contribution in [-0.4, -0.2) is 35.0 Å². The summed E-state index contributed by atoms with van der Waals surface area (Å²) in [6.45, 7) is 2.72. The minimum Gasteiger partial charge on any atom is -0.481 e. The van der Waals surface area contributed by atoms with Crippen LogP contribution >= 0.6 is 0 Å². The highest BCUT2D eigenvalue weighted by Crippen LogP contribution is 2.38. The van der Waals surface area contributed by atoms with Crippen molar-refractivity contribution in [1.82, 2.24) is 0 Å². The highest BCUT2D eigenvalue weighted by atomic mass is 16.6. The lowest BCUT2D eigenvalue weighted by atomic mass is 9.89. The first-order valence-electron chi connectivity index (χ1n) is 7.94. The zero-order chi connectivity index (χ0) is 17.4. The number of hydrogen-bond acceptors (Lipinski definition) is 5. The first-order chi connectivity index (χ1) is 11.3. The van der Waals surface area contributed by atoms with Crippen molar-refractivity contribution in [2.45, 2.75) is 26.2 Å².